The van der Waals surface area contributed by atoms with Crippen LogP contribution >= 0.6 is 11.8 Å². The monoisotopic (exact) mass is 277 g/mol. The van der Waals surface area contributed by atoms with Gasteiger partial charge in [-0.3, -0.25) is 5.32 Å². The summed E-state index contributed by atoms with van der Waals surface area (Å²) in [6.07, 6.45) is 3.64. The molecule has 1 aromatic carbocycles. The third kappa shape index (κ3) is 4.00. The summed E-state index contributed by atoms with van der Waals surface area (Å²) in [4.78, 5) is 16.1. The van der Waals surface area contributed by atoms with Gasteiger partial charge in [-0.05, 0) is 37.8 Å². The lowest BCUT2D eigenvalue weighted by molar-refractivity contribution is 0.0525. The fraction of sp³-hybridized carbons (Fsp3) is 0.308. The number of thioether (sulfide) groups is 1. The second kappa shape index (κ2) is 7.44. The van der Waals surface area contributed by atoms with E-state index < -0.39 is 0 Å². The molecule has 1 aromatic rings. The van der Waals surface area contributed by atoms with Crippen molar-refractivity contribution in [1.29, 1.82) is 5.26 Å². The van der Waals surface area contributed by atoms with Gasteiger partial charge in [-0.15, -0.1) is 0 Å². The number of nitrogens with zero attached hydrogens (tertiary/aromatic N) is 2. The van der Waals surface area contributed by atoms with E-state index in [-0.39, 0.29) is 5.97 Å². The van der Waals surface area contributed by atoms with E-state index in [2.05, 4.69) is 10.3 Å². The number of carbonyl (C=O) groups excluding carboxylic acids is 1. The quantitative estimate of drug-likeness (QED) is 0.302. The van der Waals surface area contributed by atoms with Crippen molar-refractivity contribution in [3.63, 3.8) is 0 Å². The minimum atomic E-state index is -0.365. The van der Waals surface area contributed by atoms with Crippen LogP contribution in [0.4, 0.5) is 5.69 Å². The van der Waals surface area contributed by atoms with E-state index in [1.165, 1.54) is 11.8 Å². The van der Waals surface area contributed by atoms with E-state index in [9.17, 15) is 4.79 Å². The zero-order valence-electron chi connectivity index (χ0n) is 11.1. The predicted octanol–water partition coefficient (Wildman–Crippen LogP) is 2.59. The molecule has 0 amide bonds. The van der Waals surface area contributed by atoms with Crippen molar-refractivity contribution in [3.8, 4) is 6.19 Å². The molecule has 0 atom stereocenters. The van der Waals surface area contributed by atoms with E-state index in [0.717, 1.165) is 5.56 Å². The van der Waals surface area contributed by atoms with E-state index in [4.69, 9.17) is 10.00 Å². The Kier molecular flexibility index (Phi) is 5.90. The SMILES string of the molecule is CCOC(=O)c1cccc(N=C(NC#N)SC)c1C. The van der Waals surface area contributed by atoms with Crippen LogP contribution in [0.1, 0.15) is 22.8 Å². The van der Waals surface area contributed by atoms with Crippen LogP contribution in [0.15, 0.2) is 23.2 Å². The first kappa shape index (κ1) is 15.1. The van der Waals surface area contributed by atoms with Gasteiger partial charge in [0.2, 0.25) is 0 Å². The molecule has 0 fully saturated rings. The van der Waals surface area contributed by atoms with Gasteiger partial charge >= 0.3 is 5.97 Å². The standard InChI is InChI=1S/C13H15N3O2S/c1-4-18-12(17)10-6-5-7-11(9(10)2)16-13(19-3)15-8-14/h5-7H,4H2,1-3H3,(H,15,16). The first-order chi connectivity index (χ1) is 9.13. The summed E-state index contributed by atoms with van der Waals surface area (Å²) in [5, 5.41) is 11.6. The van der Waals surface area contributed by atoms with Gasteiger partial charge < -0.3 is 4.74 Å². The van der Waals surface area contributed by atoms with Crippen LogP contribution in [0.25, 0.3) is 0 Å². The molecule has 1 N–H and O–H groups in total. The van der Waals surface area contributed by atoms with Crippen LogP contribution in [0.3, 0.4) is 0 Å². The summed E-state index contributed by atoms with van der Waals surface area (Å²) in [7, 11) is 0. The summed E-state index contributed by atoms with van der Waals surface area (Å²) in [6, 6.07) is 5.22. The van der Waals surface area contributed by atoms with Gasteiger partial charge in [0.1, 0.15) is 0 Å². The number of aliphatic imine (C=N–C) groups is 1. The van der Waals surface area contributed by atoms with Gasteiger partial charge in [0.05, 0.1) is 17.9 Å². The topological polar surface area (TPSA) is 74.5 Å². The molecule has 0 aliphatic rings. The number of rotatable bonds is 3. The molecule has 0 radical (unpaired) electrons. The minimum absolute atomic E-state index is 0.331. The number of carbonyl (C=O) groups is 1. The Morgan fingerprint density at radius 2 is 2.32 bits per heavy atom. The van der Waals surface area contributed by atoms with E-state index in [1.807, 2.05) is 12.4 Å². The van der Waals surface area contributed by atoms with Crippen molar-refractivity contribution in [2.24, 2.45) is 4.99 Å². The molecule has 0 bridgehead atoms. The van der Waals surface area contributed by atoms with Crippen LogP contribution in [0.2, 0.25) is 0 Å². The first-order valence-corrected chi connectivity index (χ1v) is 6.91. The molecule has 0 aliphatic heterocycles. The number of amidine groups is 1. The van der Waals surface area contributed by atoms with Crippen molar-refractivity contribution < 1.29 is 9.53 Å². The Bertz CT molecular complexity index is 535. The lowest BCUT2D eigenvalue weighted by Crippen LogP contribution is -2.13. The third-order valence-corrected chi connectivity index (χ3v) is 2.96. The molecule has 0 heterocycles. The molecule has 0 unspecified atom stereocenters. The Hall–Kier alpha value is -2.00. The number of esters is 1. The molecule has 0 saturated carbocycles. The number of hydrogen-bond donors (Lipinski definition) is 1. The highest BCUT2D eigenvalue weighted by Gasteiger charge is 2.12. The first-order valence-electron chi connectivity index (χ1n) is 5.68. The Morgan fingerprint density at radius 1 is 1.58 bits per heavy atom. The number of nitrogens with one attached hydrogen (secondary N) is 1. The second-order valence-corrected chi connectivity index (χ2v) is 4.32. The summed E-state index contributed by atoms with van der Waals surface area (Å²) in [6.45, 7) is 3.89. The van der Waals surface area contributed by atoms with Gasteiger partial charge in [-0.2, -0.15) is 5.26 Å². The maximum Gasteiger partial charge on any atom is 0.338 e. The average Bonchev–Trinajstić information content (AvgIpc) is 2.40. The van der Waals surface area contributed by atoms with Gasteiger partial charge in [-0.1, -0.05) is 17.8 Å². The molecule has 19 heavy (non-hydrogen) atoms. The molecule has 0 aromatic heterocycles. The van der Waals surface area contributed by atoms with Crippen molar-refractivity contribution in [2.45, 2.75) is 13.8 Å². The number of nitriles is 1. The van der Waals surface area contributed by atoms with Crippen LogP contribution in [-0.2, 0) is 4.74 Å². The highest BCUT2D eigenvalue weighted by atomic mass is 32.2. The van der Waals surface area contributed by atoms with E-state index in [1.54, 1.807) is 32.0 Å². The number of ether oxygens (including phenoxy) is 1. The maximum absolute atomic E-state index is 11.8. The molecule has 5 nitrogen and oxygen atoms in total. The van der Waals surface area contributed by atoms with Crippen molar-refractivity contribution in [2.75, 3.05) is 12.9 Å². The molecule has 1 rings (SSSR count). The van der Waals surface area contributed by atoms with E-state index >= 15 is 0 Å². The zero-order valence-corrected chi connectivity index (χ0v) is 11.9. The lowest BCUT2D eigenvalue weighted by Gasteiger charge is -2.08. The Morgan fingerprint density at radius 3 is 2.89 bits per heavy atom. The van der Waals surface area contributed by atoms with Crippen molar-refractivity contribution in [1.82, 2.24) is 5.32 Å². The zero-order chi connectivity index (χ0) is 14.3. The Balaban J connectivity index is 3.14. The highest BCUT2D eigenvalue weighted by Crippen LogP contribution is 2.23. The third-order valence-electron chi connectivity index (χ3n) is 2.38. The maximum atomic E-state index is 11.8. The van der Waals surface area contributed by atoms with Crippen LogP contribution in [-0.4, -0.2) is 24.0 Å². The average molecular weight is 277 g/mol. The predicted molar refractivity (Wildman–Crippen MR) is 76.5 cm³/mol. The summed E-state index contributed by atoms with van der Waals surface area (Å²) in [5.74, 6) is -0.365. The minimum Gasteiger partial charge on any atom is -0.462 e. The van der Waals surface area contributed by atoms with Gasteiger partial charge in [0, 0.05) is 0 Å². The van der Waals surface area contributed by atoms with Crippen LogP contribution in [0.5, 0.6) is 0 Å². The molecule has 0 spiro atoms. The molecule has 100 valence electrons. The van der Waals surface area contributed by atoms with Crippen molar-refractivity contribution in [3.05, 3.63) is 29.3 Å². The Labute approximate surface area is 116 Å². The molecular weight excluding hydrogens is 262 g/mol. The van der Waals surface area contributed by atoms with Gasteiger partial charge in [0.15, 0.2) is 11.4 Å². The molecule has 6 heteroatoms. The summed E-state index contributed by atoms with van der Waals surface area (Å²) >= 11 is 1.32. The number of benzene rings is 1. The van der Waals surface area contributed by atoms with Crippen LogP contribution in [0, 0.1) is 18.4 Å². The smallest absolute Gasteiger partial charge is 0.338 e. The molecule has 0 saturated heterocycles. The highest BCUT2D eigenvalue weighted by molar-refractivity contribution is 8.13. The van der Waals surface area contributed by atoms with E-state index in [0.29, 0.717) is 23.0 Å². The van der Waals surface area contributed by atoms with Crippen LogP contribution < -0.4 is 5.32 Å². The largest absolute Gasteiger partial charge is 0.462 e. The summed E-state index contributed by atoms with van der Waals surface area (Å²) < 4.78 is 4.98. The molecule has 0 aliphatic carbocycles. The molecular formula is C13H15N3O2S. The van der Waals surface area contributed by atoms with Gasteiger partial charge in [-0.25, -0.2) is 9.79 Å². The van der Waals surface area contributed by atoms with Gasteiger partial charge in [0.25, 0.3) is 0 Å². The summed E-state index contributed by atoms with van der Waals surface area (Å²) in [5.41, 5.74) is 1.85. The van der Waals surface area contributed by atoms with Crippen molar-refractivity contribution >= 4 is 28.6 Å². The lowest BCUT2D eigenvalue weighted by atomic mass is 10.1. The fourth-order valence-electron chi connectivity index (χ4n) is 1.46. The normalized spacial score (nSPS) is 10.7. The number of hydrogen-bond acceptors (Lipinski definition) is 5. The second-order valence-electron chi connectivity index (χ2n) is 3.53. The fourth-order valence-corrected chi connectivity index (χ4v) is 1.79.